The molecule has 0 amide bonds. The average Bonchev–Trinajstić information content (AvgIpc) is 2.82. The van der Waals surface area contributed by atoms with Gasteiger partial charge in [-0.3, -0.25) is 0 Å². The highest BCUT2D eigenvalue weighted by molar-refractivity contribution is 6.32. The zero-order valence-electron chi connectivity index (χ0n) is 18.8. The van der Waals surface area contributed by atoms with Gasteiger partial charge in [0.2, 0.25) is 0 Å². The van der Waals surface area contributed by atoms with Gasteiger partial charge in [0.15, 0.2) is 6.61 Å². The zero-order valence-corrected chi connectivity index (χ0v) is 20.3. The molecule has 0 aromatic heterocycles. The van der Waals surface area contributed by atoms with Crippen LogP contribution in [0, 0.1) is 5.92 Å². The zero-order chi connectivity index (χ0) is 24.2. The lowest BCUT2D eigenvalue weighted by Crippen LogP contribution is -2.32. The largest absolute Gasteiger partial charge is 0.480 e. The van der Waals surface area contributed by atoms with Crippen LogP contribution in [-0.4, -0.2) is 17.7 Å². The third-order valence-corrected chi connectivity index (χ3v) is 6.75. The Morgan fingerprint density at radius 3 is 2.41 bits per heavy atom. The maximum atomic E-state index is 11.2. The Kier molecular flexibility index (Phi) is 7.62. The highest BCUT2D eigenvalue weighted by Gasteiger charge is 2.41. The van der Waals surface area contributed by atoms with Crippen molar-refractivity contribution in [1.82, 2.24) is 0 Å². The molecule has 3 aromatic carbocycles. The summed E-state index contributed by atoms with van der Waals surface area (Å²) in [6.07, 6.45) is 0.0726. The third kappa shape index (κ3) is 5.30. The summed E-state index contributed by atoms with van der Waals surface area (Å²) in [7, 11) is 0. The number of rotatable bonds is 7. The summed E-state index contributed by atoms with van der Waals surface area (Å²) in [5.74, 6) is -0.717. The molecule has 1 saturated heterocycles. The van der Waals surface area contributed by atoms with Gasteiger partial charge >= 0.3 is 5.97 Å². The molecule has 1 N–H and O–H groups in total. The van der Waals surface area contributed by atoms with Crippen molar-refractivity contribution in [3.8, 4) is 5.75 Å². The van der Waals surface area contributed by atoms with Crippen molar-refractivity contribution in [2.45, 2.75) is 31.5 Å². The van der Waals surface area contributed by atoms with Crippen molar-refractivity contribution in [1.29, 1.82) is 0 Å². The van der Waals surface area contributed by atoms with Crippen LogP contribution in [0.5, 0.6) is 5.75 Å². The summed E-state index contributed by atoms with van der Waals surface area (Å²) in [4.78, 5) is 11.2. The molecule has 1 aliphatic heterocycles. The first-order chi connectivity index (χ1) is 16.3. The molecule has 4 nitrogen and oxygen atoms in total. The second-order valence-corrected chi connectivity index (χ2v) is 9.42. The number of carboxylic acid groups (broad SMARTS) is 1. The summed E-state index contributed by atoms with van der Waals surface area (Å²) in [6.45, 7) is 5.75. The Morgan fingerprint density at radius 1 is 1.03 bits per heavy atom. The molecule has 0 radical (unpaired) electrons. The number of carbonyl (C=O) groups is 1. The van der Waals surface area contributed by atoms with Gasteiger partial charge in [0, 0.05) is 22.4 Å². The fourth-order valence-corrected chi connectivity index (χ4v) is 5.09. The van der Waals surface area contributed by atoms with E-state index < -0.39 is 18.7 Å². The quantitative estimate of drug-likeness (QED) is 0.341. The van der Waals surface area contributed by atoms with Crippen molar-refractivity contribution >= 4 is 29.2 Å². The number of hydrogen-bond donors (Lipinski definition) is 1. The molecule has 0 saturated carbocycles. The van der Waals surface area contributed by atoms with Gasteiger partial charge in [0.1, 0.15) is 5.75 Å². The summed E-state index contributed by atoms with van der Waals surface area (Å²) in [6, 6.07) is 23.4. The van der Waals surface area contributed by atoms with Crippen molar-refractivity contribution in [3.05, 3.63) is 112 Å². The topological polar surface area (TPSA) is 55.8 Å². The minimum Gasteiger partial charge on any atom is -0.480 e. The molecule has 1 aliphatic rings. The van der Waals surface area contributed by atoms with Gasteiger partial charge in [-0.05, 0) is 42.7 Å². The number of benzene rings is 3. The fraction of sp³-hybridized carbons (Fsp3) is 0.250. The molecule has 3 aromatic rings. The summed E-state index contributed by atoms with van der Waals surface area (Å²) < 4.78 is 12.5. The van der Waals surface area contributed by atoms with Crippen LogP contribution >= 0.6 is 23.2 Å². The van der Waals surface area contributed by atoms with Crippen LogP contribution in [0.3, 0.4) is 0 Å². The Morgan fingerprint density at radius 2 is 1.74 bits per heavy atom. The Hall–Kier alpha value is -2.79. The van der Waals surface area contributed by atoms with Crippen LogP contribution in [0.15, 0.2) is 84.9 Å². The van der Waals surface area contributed by atoms with Crippen molar-refractivity contribution in [3.63, 3.8) is 0 Å². The van der Waals surface area contributed by atoms with E-state index in [2.05, 4.69) is 18.7 Å². The minimum absolute atomic E-state index is 0.0358. The van der Waals surface area contributed by atoms with Crippen LogP contribution in [0.25, 0.3) is 0 Å². The van der Waals surface area contributed by atoms with Gasteiger partial charge in [0.05, 0.1) is 17.2 Å². The predicted octanol–water partition coefficient (Wildman–Crippen LogP) is 7.64. The highest BCUT2D eigenvalue weighted by Crippen LogP contribution is 2.53. The monoisotopic (exact) mass is 496 g/mol. The fourth-order valence-electron chi connectivity index (χ4n) is 4.66. The van der Waals surface area contributed by atoms with E-state index in [1.54, 1.807) is 6.07 Å². The second-order valence-electron chi connectivity index (χ2n) is 8.58. The lowest BCUT2D eigenvalue weighted by atomic mass is 9.74. The molecule has 1 heterocycles. The maximum Gasteiger partial charge on any atom is 0.341 e. The van der Waals surface area contributed by atoms with Crippen LogP contribution in [0.2, 0.25) is 10.0 Å². The normalized spacial score (nSPS) is 22.2. The first kappa shape index (κ1) is 24.3. The molecule has 0 aliphatic carbocycles. The van der Waals surface area contributed by atoms with Crippen molar-refractivity contribution in [2.75, 3.05) is 6.61 Å². The molecule has 4 atom stereocenters. The van der Waals surface area contributed by atoms with E-state index in [4.69, 9.17) is 37.8 Å². The lowest BCUT2D eigenvalue weighted by molar-refractivity contribution is -0.139. The molecule has 1 fully saturated rings. The molecule has 0 bridgehead atoms. The number of hydrogen-bond acceptors (Lipinski definition) is 3. The van der Waals surface area contributed by atoms with E-state index in [0.717, 1.165) is 17.6 Å². The third-order valence-electron chi connectivity index (χ3n) is 6.21. The molecule has 0 unspecified atom stereocenters. The molecule has 34 heavy (non-hydrogen) atoms. The maximum absolute atomic E-state index is 11.2. The van der Waals surface area contributed by atoms with Gasteiger partial charge in [-0.15, -0.1) is 0 Å². The predicted molar refractivity (Wildman–Crippen MR) is 135 cm³/mol. The van der Waals surface area contributed by atoms with Crippen LogP contribution in [-0.2, 0) is 9.53 Å². The Labute approximate surface area is 209 Å². The number of para-hydroxylation sites is 1. The second kappa shape index (κ2) is 10.6. The van der Waals surface area contributed by atoms with Crippen molar-refractivity contribution < 1.29 is 19.4 Å². The number of halogens is 2. The highest BCUT2D eigenvalue weighted by atomic mass is 35.5. The van der Waals surface area contributed by atoms with Crippen molar-refractivity contribution in [2.24, 2.45) is 5.92 Å². The summed E-state index contributed by atoms with van der Waals surface area (Å²) >= 11 is 12.8. The van der Waals surface area contributed by atoms with Gasteiger partial charge in [-0.2, -0.15) is 0 Å². The Balaban J connectivity index is 1.81. The summed E-state index contributed by atoms with van der Waals surface area (Å²) in [5, 5.41) is 10.1. The SMILES string of the molecule is C=C(C)[C@H]1C[C@@H](c2ccccc2)[C@H](c2cccc(Cl)c2)O[C@@H]1c1cccc(Cl)c1OCC(=O)O. The molecule has 0 spiro atoms. The smallest absolute Gasteiger partial charge is 0.341 e. The number of aliphatic carboxylic acids is 1. The first-order valence-electron chi connectivity index (χ1n) is 11.1. The average molecular weight is 497 g/mol. The van der Waals surface area contributed by atoms with E-state index in [1.807, 2.05) is 61.5 Å². The standard InChI is InChI=1S/C28H26Cl2O4/c1-17(2)22-15-23(18-8-4-3-5-9-18)26(19-10-6-11-20(29)14-19)34-27(22)21-12-7-13-24(30)28(21)33-16-25(31)32/h3-14,22-23,26-27H,1,15-16H2,2H3,(H,31,32)/t22-,23+,26+,27-/m1/s1. The number of ether oxygens (including phenoxy) is 2. The van der Waals surface area contributed by atoms with Crippen LogP contribution < -0.4 is 4.74 Å². The number of carboxylic acids is 1. The summed E-state index contributed by atoms with van der Waals surface area (Å²) in [5.41, 5.74) is 3.83. The molecule has 6 heteroatoms. The van der Waals surface area contributed by atoms with Crippen LogP contribution in [0.4, 0.5) is 0 Å². The van der Waals surface area contributed by atoms with Gasteiger partial charge in [-0.25, -0.2) is 4.79 Å². The van der Waals surface area contributed by atoms with E-state index >= 15 is 0 Å². The van der Waals surface area contributed by atoms with E-state index in [1.165, 1.54) is 5.56 Å². The first-order valence-corrected chi connectivity index (χ1v) is 11.8. The van der Waals surface area contributed by atoms with Gasteiger partial charge in [0.25, 0.3) is 0 Å². The van der Waals surface area contributed by atoms with E-state index in [-0.39, 0.29) is 17.9 Å². The van der Waals surface area contributed by atoms with E-state index in [0.29, 0.717) is 21.4 Å². The van der Waals surface area contributed by atoms with E-state index in [9.17, 15) is 4.79 Å². The molecule has 4 rings (SSSR count). The van der Waals surface area contributed by atoms with Gasteiger partial charge in [-0.1, -0.05) is 90.0 Å². The Bertz CT molecular complexity index is 1180. The lowest BCUT2D eigenvalue weighted by Gasteiger charge is -2.43. The van der Waals surface area contributed by atoms with Gasteiger partial charge < -0.3 is 14.6 Å². The molecular formula is C28H26Cl2O4. The molecular weight excluding hydrogens is 471 g/mol. The van der Waals surface area contributed by atoms with Crippen LogP contribution in [0.1, 0.15) is 48.2 Å². The molecule has 176 valence electrons. The minimum atomic E-state index is -1.08.